The minimum absolute atomic E-state index is 0.0318. The van der Waals surface area contributed by atoms with Crippen LogP contribution in [0.4, 0.5) is 14.5 Å². The van der Waals surface area contributed by atoms with Crippen molar-refractivity contribution in [3.8, 4) is 0 Å². The van der Waals surface area contributed by atoms with Crippen LogP contribution in [-0.2, 0) is 27.3 Å². The highest BCUT2D eigenvalue weighted by Crippen LogP contribution is 2.35. The van der Waals surface area contributed by atoms with E-state index in [1.807, 2.05) is 20.8 Å². The zero-order chi connectivity index (χ0) is 29.2. The molecule has 0 spiro atoms. The summed E-state index contributed by atoms with van der Waals surface area (Å²) in [5.41, 5.74) is 0.0289. The Balaban J connectivity index is 1.36. The highest BCUT2D eigenvalue weighted by molar-refractivity contribution is 6.48. The molecule has 2 aromatic rings. The molecule has 2 heterocycles. The summed E-state index contributed by atoms with van der Waals surface area (Å²) in [6, 6.07) is 2.95. The van der Waals surface area contributed by atoms with Gasteiger partial charge in [-0.3, -0.25) is 19.2 Å². The van der Waals surface area contributed by atoms with Gasteiger partial charge in [-0.2, -0.15) is 0 Å². The average Bonchev–Trinajstić information content (AvgIpc) is 3.43. The highest BCUT2D eigenvalue weighted by atomic mass is 35.5. The van der Waals surface area contributed by atoms with Crippen LogP contribution in [0.2, 0.25) is 5.02 Å². The van der Waals surface area contributed by atoms with Crippen LogP contribution >= 0.6 is 11.6 Å². The first kappa shape index (κ1) is 29.7. The monoisotopic (exact) mass is 577 g/mol. The highest BCUT2D eigenvalue weighted by Gasteiger charge is 2.35. The molecule has 216 valence electrons. The molecule has 11 heteroatoms. The van der Waals surface area contributed by atoms with Gasteiger partial charge < -0.3 is 19.9 Å². The van der Waals surface area contributed by atoms with E-state index in [9.17, 15) is 28.0 Å². The zero-order valence-electron chi connectivity index (χ0n) is 22.9. The number of carbonyl (C=O) groups excluding carboxylic acids is 4. The second-order valence-corrected chi connectivity index (χ2v) is 11.9. The van der Waals surface area contributed by atoms with Gasteiger partial charge in [0, 0.05) is 37.0 Å². The van der Waals surface area contributed by atoms with Crippen LogP contribution < -0.4 is 10.6 Å². The lowest BCUT2D eigenvalue weighted by atomic mass is 9.80. The number of halogens is 3. The molecular weight excluding hydrogens is 544 g/mol. The summed E-state index contributed by atoms with van der Waals surface area (Å²) in [5, 5.41) is 5.06. The van der Waals surface area contributed by atoms with Gasteiger partial charge in [-0.15, -0.1) is 0 Å². The molecule has 1 aliphatic carbocycles. The van der Waals surface area contributed by atoms with E-state index in [4.69, 9.17) is 16.3 Å². The molecule has 1 saturated carbocycles. The van der Waals surface area contributed by atoms with E-state index in [1.165, 1.54) is 6.07 Å². The number of ether oxygens (including phenoxy) is 1. The third-order valence-electron chi connectivity index (χ3n) is 7.33. The molecule has 1 fully saturated rings. The Hall–Kier alpha value is -3.27. The van der Waals surface area contributed by atoms with Crippen LogP contribution in [0, 0.1) is 23.5 Å². The molecule has 0 radical (unpaired) electrons. The van der Waals surface area contributed by atoms with Crippen LogP contribution in [0.5, 0.6) is 0 Å². The van der Waals surface area contributed by atoms with Crippen molar-refractivity contribution in [2.45, 2.75) is 77.9 Å². The van der Waals surface area contributed by atoms with Crippen LogP contribution in [0.1, 0.15) is 85.8 Å². The fourth-order valence-electron chi connectivity index (χ4n) is 5.45. The van der Waals surface area contributed by atoms with Gasteiger partial charge in [0.1, 0.15) is 11.3 Å². The van der Waals surface area contributed by atoms with Gasteiger partial charge in [-0.05, 0) is 83.3 Å². The largest absolute Gasteiger partial charge is 0.460 e. The standard InChI is InChI=1S/C29H34ClF2N3O5/c1-29(2,3)40-22(36)13-16-6-8-17(9-7-16)15-33-28(39)26(37)25-24(30)23(21-5-4-12-35(21)25)27(38)34-18-10-11-19(31)20(32)14-18/h10-11,14,16-17H,4-9,12-13,15H2,1-3H3,(H,33,39)(H,34,38). The lowest BCUT2D eigenvalue weighted by Crippen LogP contribution is -2.37. The number of Topliss-reactive ketones (excluding diaryl/α,β-unsaturated/α-hetero) is 1. The minimum Gasteiger partial charge on any atom is -0.460 e. The molecular formula is C29H34ClF2N3O5. The first-order valence-corrected chi connectivity index (χ1v) is 13.9. The number of ketones is 1. The number of amides is 2. The van der Waals surface area contributed by atoms with E-state index < -0.39 is 34.8 Å². The molecule has 0 bridgehead atoms. The molecule has 0 saturated heterocycles. The van der Waals surface area contributed by atoms with Crippen molar-refractivity contribution in [3.05, 3.63) is 51.8 Å². The number of carbonyl (C=O) groups is 4. The van der Waals surface area contributed by atoms with Gasteiger partial charge >= 0.3 is 5.97 Å². The third kappa shape index (κ3) is 6.89. The maximum absolute atomic E-state index is 13.6. The Morgan fingerprint density at radius 1 is 1.05 bits per heavy atom. The first-order valence-electron chi connectivity index (χ1n) is 13.6. The zero-order valence-corrected chi connectivity index (χ0v) is 23.6. The van der Waals surface area contributed by atoms with Crippen LogP contribution in [0.3, 0.4) is 0 Å². The molecule has 4 rings (SSSR count). The summed E-state index contributed by atoms with van der Waals surface area (Å²) in [6.45, 7) is 6.26. The topological polar surface area (TPSA) is 106 Å². The van der Waals surface area contributed by atoms with E-state index in [1.54, 1.807) is 4.57 Å². The molecule has 1 aromatic heterocycles. The molecule has 8 nitrogen and oxygen atoms in total. The molecule has 1 aromatic carbocycles. The van der Waals surface area contributed by atoms with Crippen LogP contribution in [0.25, 0.3) is 0 Å². The van der Waals surface area contributed by atoms with Crippen molar-refractivity contribution in [2.75, 3.05) is 11.9 Å². The number of fused-ring (bicyclic) bond motifs is 1. The number of anilines is 1. The van der Waals surface area contributed by atoms with E-state index >= 15 is 0 Å². The predicted molar refractivity (Wildman–Crippen MR) is 145 cm³/mol. The summed E-state index contributed by atoms with van der Waals surface area (Å²) in [6.07, 6.45) is 4.81. The molecule has 2 aliphatic rings. The number of benzene rings is 1. The third-order valence-corrected chi connectivity index (χ3v) is 7.69. The fraction of sp³-hybridized carbons (Fsp3) is 0.517. The Bertz CT molecular complexity index is 1330. The number of nitrogens with zero attached hydrogens (tertiary/aromatic N) is 1. The van der Waals surface area contributed by atoms with Crippen LogP contribution in [-0.4, -0.2) is 40.3 Å². The van der Waals surface area contributed by atoms with Gasteiger partial charge in [0.15, 0.2) is 11.6 Å². The van der Waals surface area contributed by atoms with Gasteiger partial charge in [0.2, 0.25) is 0 Å². The van der Waals surface area contributed by atoms with Gasteiger partial charge in [0.25, 0.3) is 17.6 Å². The summed E-state index contributed by atoms with van der Waals surface area (Å²) in [5.74, 6) is -4.27. The normalized spacial score (nSPS) is 18.6. The van der Waals surface area contributed by atoms with Crippen molar-refractivity contribution in [2.24, 2.45) is 11.8 Å². The van der Waals surface area contributed by atoms with Crippen molar-refractivity contribution >= 4 is 40.9 Å². The lowest BCUT2D eigenvalue weighted by Gasteiger charge is -2.29. The van der Waals surface area contributed by atoms with Crippen LogP contribution in [0.15, 0.2) is 18.2 Å². The summed E-state index contributed by atoms with van der Waals surface area (Å²) in [7, 11) is 0. The Kier molecular flexibility index (Phi) is 8.97. The quantitative estimate of drug-likeness (QED) is 0.246. The first-order chi connectivity index (χ1) is 18.8. The van der Waals surface area contributed by atoms with E-state index in [0.29, 0.717) is 38.0 Å². The van der Waals surface area contributed by atoms with E-state index in [0.717, 1.165) is 37.8 Å². The molecule has 2 N–H and O–H groups in total. The molecule has 1 aliphatic heterocycles. The predicted octanol–water partition coefficient (Wildman–Crippen LogP) is 5.46. The maximum atomic E-state index is 13.6. The van der Waals surface area contributed by atoms with Gasteiger partial charge in [-0.25, -0.2) is 8.78 Å². The number of nitrogens with one attached hydrogen (secondary N) is 2. The molecule has 2 amide bonds. The van der Waals surface area contributed by atoms with Crippen molar-refractivity contribution < 1.29 is 32.7 Å². The fourth-order valence-corrected chi connectivity index (χ4v) is 5.83. The maximum Gasteiger partial charge on any atom is 0.306 e. The van der Waals surface area contributed by atoms with E-state index in [2.05, 4.69) is 10.6 Å². The molecule has 40 heavy (non-hydrogen) atoms. The lowest BCUT2D eigenvalue weighted by molar-refractivity contribution is -0.156. The molecule has 0 atom stereocenters. The van der Waals surface area contributed by atoms with Gasteiger partial charge in [0.05, 0.1) is 10.6 Å². The number of hydrogen-bond acceptors (Lipinski definition) is 5. The minimum atomic E-state index is -1.12. The Morgan fingerprint density at radius 3 is 2.38 bits per heavy atom. The Morgan fingerprint density at radius 2 is 1.73 bits per heavy atom. The summed E-state index contributed by atoms with van der Waals surface area (Å²) >= 11 is 6.50. The van der Waals surface area contributed by atoms with Crippen molar-refractivity contribution in [1.29, 1.82) is 0 Å². The second kappa shape index (κ2) is 12.1. The van der Waals surface area contributed by atoms with E-state index in [-0.39, 0.29) is 39.8 Å². The Labute approximate surface area is 236 Å². The SMILES string of the molecule is CC(C)(C)OC(=O)CC1CCC(CNC(=O)C(=O)c2c(Cl)c(C(=O)Nc3ccc(F)c(F)c3)c3n2CCC3)CC1. The number of rotatable bonds is 8. The van der Waals surface area contributed by atoms with Crippen molar-refractivity contribution in [1.82, 2.24) is 9.88 Å². The summed E-state index contributed by atoms with van der Waals surface area (Å²) < 4.78 is 33.9. The average molecular weight is 578 g/mol. The smallest absolute Gasteiger partial charge is 0.306 e. The number of esters is 1. The summed E-state index contributed by atoms with van der Waals surface area (Å²) in [4.78, 5) is 51.2. The molecule has 0 unspecified atom stereocenters. The van der Waals surface area contributed by atoms with Crippen molar-refractivity contribution in [3.63, 3.8) is 0 Å². The van der Waals surface area contributed by atoms with Gasteiger partial charge in [-0.1, -0.05) is 11.6 Å². The second-order valence-electron chi connectivity index (χ2n) is 11.5. The number of aromatic nitrogens is 1. The number of hydrogen-bond donors (Lipinski definition) is 2.